The number of aryl methyl sites for hydroxylation is 1. The van der Waals surface area contributed by atoms with Gasteiger partial charge in [0.2, 0.25) is 0 Å². The highest BCUT2D eigenvalue weighted by atomic mass is 19.4. The predicted molar refractivity (Wildman–Crippen MR) is 160 cm³/mol. The van der Waals surface area contributed by atoms with Crippen molar-refractivity contribution in [1.82, 2.24) is 14.8 Å². The zero-order chi connectivity index (χ0) is 30.0. The van der Waals surface area contributed by atoms with Crippen molar-refractivity contribution in [2.24, 2.45) is 5.73 Å². The van der Waals surface area contributed by atoms with E-state index in [2.05, 4.69) is 20.5 Å². The molecule has 5 rings (SSSR count). The van der Waals surface area contributed by atoms with Crippen molar-refractivity contribution in [2.75, 3.05) is 43.9 Å². The van der Waals surface area contributed by atoms with Crippen molar-refractivity contribution < 1.29 is 18.0 Å². The second kappa shape index (κ2) is 11.8. The molecule has 4 aromatic rings. The molecule has 1 saturated heterocycles. The number of carbonyl (C=O) groups excluding carboxylic acids is 1. The predicted octanol–water partition coefficient (Wildman–Crippen LogP) is 5.53. The van der Waals surface area contributed by atoms with Gasteiger partial charge in [0.1, 0.15) is 5.82 Å². The average Bonchev–Trinajstić information content (AvgIpc) is 2.95. The molecule has 0 radical (unpaired) electrons. The molecule has 1 aliphatic rings. The Bertz CT molecular complexity index is 1650. The molecule has 218 valence electrons. The summed E-state index contributed by atoms with van der Waals surface area (Å²) in [6.45, 7) is 5.10. The van der Waals surface area contributed by atoms with E-state index >= 15 is 0 Å². The largest absolute Gasteiger partial charge is 0.416 e. The van der Waals surface area contributed by atoms with E-state index in [4.69, 9.17) is 11.1 Å². The van der Waals surface area contributed by atoms with E-state index in [1.54, 1.807) is 24.4 Å². The summed E-state index contributed by atoms with van der Waals surface area (Å²) in [4.78, 5) is 21.9. The summed E-state index contributed by atoms with van der Waals surface area (Å²) < 4.78 is 42.1. The third-order valence-electron chi connectivity index (χ3n) is 7.50. The van der Waals surface area contributed by atoms with Crippen LogP contribution in [0.25, 0.3) is 21.9 Å². The molecule has 1 aromatic heterocycles. The van der Waals surface area contributed by atoms with Gasteiger partial charge in [-0.05, 0) is 60.3 Å². The molecule has 1 fully saturated rings. The quantitative estimate of drug-likeness (QED) is 0.178. The van der Waals surface area contributed by atoms with Gasteiger partial charge in [-0.2, -0.15) is 13.2 Å². The number of fused-ring (bicyclic) bond motifs is 1. The van der Waals surface area contributed by atoms with Crippen LogP contribution in [0, 0.1) is 12.3 Å². The van der Waals surface area contributed by atoms with Crippen LogP contribution in [0.15, 0.2) is 66.9 Å². The van der Waals surface area contributed by atoms with Crippen LogP contribution in [0.3, 0.4) is 0 Å². The maximum absolute atomic E-state index is 14.0. The smallest absolute Gasteiger partial charge is 0.370 e. The number of guanidine groups is 1. The molecule has 1 aliphatic heterocycles. The number of piperazine rings is 1. The highest BCUT2D eigenvalue weighted by Crippen LogP contribution is 2.36. The highest BCUT2D eigenvalue weighted by molar-refractivity contribution is 6.08. The molecule has 42 heavy (non-hydrogen) atoms. The number of nitrogens with one attached hydrogen (secondary N) is 3. The summed E-state index contributed by atoms with van der Waals surface area (Å²) in [5, 5.41) is 14.5. The number of alkyl halides is 3. The van der Waals surface area contributed by atoms with Gasteiger partial charge in [-0.1, -0.05) is 36.4 Å². The topological polar surface area (TPSA) is 110 Å². The van der Waals surface area contributed by atoms with E-state index in [0.717, 1.165) is 46.6 Å². The van der Waals surface area contributed by atoms with Gasteiger partial charge in [0.05, 0.1) is 5.56 Å². The number of hydrogen-bond acceptors (Lipinski definition) is 5. The van der Waals surface area contributed by atoms with Crippen molar-refractivity contribution in [3.05, 3.63) is 89.1 Å². The number of nitrogens with two attached hydrogens (primary N) is 1. The van der Waals surface area contributed by atoms with Crippen LogP contribution < -0.4 is 16.4 Å². The Hall–Kier alpha value is -4.48. The number of nitrogens with zero attached hydrogens (tertiary/aromatic N) is 3. The molecule has 0 aliphatic carbocycles. The fraction of sp³-hybridized carbons (Fsp3) is 0.258. The lowest BCUT2D eigenvalue weighted by atomic mass is 9.95. The van der Waals surface area contributed by atoms with Gasteiger partial charge >= 0.3 is 6.18 Å². The van der Waals surface area contributed by atoms with Crippen molar-refractivity contribution >= 4 is 34.1 Å². The number of aromatic nitrogens is 1. The van der Waals surface area contributed by atoms with Crippen LogP contribution >= 0.6 is 0 Å². The summed E-state index contributed by atoms with van der Waals surface area (Å²) in [5.41, 5.74) is 7.72. The highest BCUT2D eigenvalue weighted by Gasteiger charge is 2.34. The first kappa shape index (κ1) is 29.0. The summed E-state index contributed by atoms with van der Waals surface area (Å²) >= 11 is 0. The number of pyridine rings is 1. The van der Waals surface area contributed by atoms with Gasteiger partial charge in [0.15, 0.2) is 5.96 Å². The zero-order valence-corrected chi connectivity index (χ0v) is 23.3. The van der Waals surface area contributed by atoms with Gasteiger partial charge < -0.3 is 21.3 Å². The molecule has 0 atom stereocenters. The molecule has 0 spiro atoms. The van der Waals surface area contributed by atoms with Crippen LogP contribution in [0.1, 0.15) is 27.0 Å². The summed E-state index contributed by atoms with van der Waals surface area (Å²) in [7, 11) is 2.00. The minimum Gasteiger partial charge on any atom is -0.370 e. The number of likely N-dealkylation sites (N-methyl/N-ethyl adjacent to an activating group) is 1. The van der Waals surface area contributed by atoms with E-state index in [1.165, 1.54) is 12.1 Å². The van der Waals surface area contributed by atoms with E-state index < -0.39 is 17.6 Å². The van der Waals surface area contributed by atoms with Crippen LogP contribution in [0.4, 0.5) is 24.7 Å². The van der Waals surface area contributed by atoms with Crippen molar-refractivity contribution in [2.45, 2.75) is 19.6 Å². The molecule has 11 heteroatoms. The van der Waals surface area contributed by atoms with Crippen molar-refractivity contribution in [1.29, 1.82) is 5.41 Å². The summed E-state index contributed by atoms with van der Waals surface area (Å²) in [5.74, 6) is -0.329. The molecule has 1 amide bonds. The number of benzene rings is 3. The second-order valence-electron chi connectivity index (χ2n) is 10.5. The number of rotatable bonds is 6. The minimum atomic E-state index is -4.56. The Kier molecular flexibility index (Phi) is 8.15. The van der Waals surface area contributed by atoms with E-state index in [-0.39, 0.29) is 23.8 Å². The zero-order valence-electron chi connectivity index (χ0n) is 23.3. The summed E-state index contributed by atoms with van der Waals surface area (Å²) in [6.07, 6.45) is -2.91. The number of hydrogen-bond donors (Lipinski definition) is 4. The van der Waals surface area contributed by atoms with Gasteiger partial charge in [-0.25, -0.2) is 4.98 Å². The Morgan fingerprint density at radius 1 is 0.976 bits per heavy atom. The van der Waals surface area contributed by atoms with Crippen molar-refractivity contribution in [3.63, 3.8) is 0 Å². The van der Waals surface area contributed by atoms with E-state index in [9.17, 15) is 18.0 Å². The SMILES string of the molecule is Cc1ccc(C(=O)Nc2ccc(CN3CCN(C)CC3)c(C(F)(F)F)c2)cc1-c1cnc(NC(=N)N)c2ccccc12. The van der Waals surface area contributed by atoms with Crippen LogP contribution in [0.5, 0.6) is 0 Å². The van der Waals surface area contributed by atoms with Gasteiger partial charge in [0, 0.05) is 61.1 Å². The monoisotopic (exact) mass is 575 g/mol. The molecule has 8 nitrogen and oxygen atoms in total. The maximum atomic E-state index is 14.0. The molecule has 2 heterocycles. The van der Waals surface area contributed by atoms with Crippen LogP contribution in [-0.4, -0.2) is 59.9 Å². The standard InChI is InChI=1S/C31H32F3N7O/c1-19-7-8-20(15-25(19)26-17-37-28(39-30(35)36)24-6-4-3-5-23(24)26)29(42)38-22-10-9-21(27(16-22)31(32,33)34)18-41-13-11-40(2)12-14-41/h3-10,15-17H,11-14,18H2,1-2H3,(H,38,42)(H4,35,36,37,39). The number of carbonyl (C=O) groups is 1. The fourth-order valence-electron chi connectivity index (χ4n) is 5.19. The first-order valence-electron chi connectivity index (χ1n) is 13.5. The molecule has 3 aromatic carbocycles. The van der Waals surface area contributed by atoms with Crippen molar-refractivity contribution in [3.8, 4) is 11.1 Å². The molecule has 0 saturated carbocycles. The molecular formula is C31H32F3N7O. The Labute approximate surface area is 241 Å². The van der Waals surface area contributed by atoms with E-state index in [0.29, 0.717) is 24.5 Å². The lowest BCUT2D eigenvalue weighted by Gasteiger charge is -2.33. The van der Waals surface area contributed by atoms with Gasteiger partial charge in [-0.15, -0.1) is 0 Å². The molecule has 0 unspecified atom stereocenters. The Morgan fingerprint density at radius 3 is 2.38 bits per heavy atom. The minimum absolute atomic E-state index is 0.0726. The van der Waals surface area contributed by atoms with Crippen LogP contribution in [0.2, 0.25) is 0 Å². The Morgan fingerprint density at radius 2 is 1.69 bits per heavy atom. The van der Waals surface area contributed by atoms with E-state index in [1.807, 2.05) is 43.1 Å². The number of halogens is 3. The maximum Gasteiger partial charge on any atom is 0.416 e. The average molecular weight is 576 g/mol. The Balaban J connectivity index is 1.42. The number of anilines is 2. The lowest BCUT2D eigenvalue weighted by Crippen LogP contribution is -2.44. The van der Waals surface area contributed by atoms with Crippen LogP contribution in [-0.2, 0) is 12.7 Å². The third kappa shape index (κ3) is 6.37. The number of amides is 1. The summed E-state index contributed by atoms with van der Waals surface area (Å²) in [6, 6.07) is 16.6. The first-order valence-corrected chi connectivity index (χ1v) is 13.5. The molecule has 5 N–H and O–H groups in total. The normalized spacial score (nSPS) is 14.6. The molecular weight excluding hydrogens is 543 g/mol. The fourth-order valence-corrected chi connectivity index (χ4v) is 5.19. The second-order valence-corrected chi connectivity index (χ2v) is 10.5. The first-order chi connectivity index (χ1) is 20.0. The molecule has 0 bridgehead atoms. The van der Waals surface area contributed by atoms with Gasteiger partial charge in [0.25, 0.3) is 5.91 Å². The third-order valence-corrected chi connectivity index (χ3v) is 7.50. The van der Waals surface area contributed by atoms with Gasteiger partial charge in [-0.3, -0.25) is 15.1 Å². The lowest BCUT2D eigenvalue weighted by molar-refractivity contribution is -0.138.